The summed E-state index contributed by atoms with van der Waals surface area (Å²) in [5.41, 5.74) is 6.52. The summed E-state index contributed by atoms with van der Waals surface area (Å²) in [6.07, 6.45) is 5.39. The number of aromatic nitrogens is 3. The first-order valence-electron chi connectivity index (χ1n) is 9.45. The minimum absolute atomic E-state index is 0.142. The van der Waals surface area contributed by atoms with E-state index in [0.29, 0.717) is 13.1 Å². The summed E-state index contributed by atoms with van der Waals surface area (Å²) in [6.45, 7) is 3.25. The molecule has 156 valence electrons. The summed E-state index contributed by atoms with van der Waals surface area (Å²) >= 11 is 0. The average Bonchev–Trinajstić information content (AvgIpc) is 3.26. The van der Waals surface area contributed by atoms with Crippen LogP contribution in [0.1, 0.15) is 18.7 Å². The molecule has 9 heteroatoms. The van der Waals surface area contributed by atoms with Crippen LogP contribution in [-0.2, 0) is 0 Å². The van der Waals surface area contributed by atoms with Crippen LogP contribution in [0.15, 0.2) is 48.8 Å². The van der Waals surface area contributed by atoms with Gasteiger partial charge >= 0.3 is 6.03 Å². The minimum Gasteiger partial charge on any atom is -0.396 e. The first-order chi connectivity index (χ1) is 14.4. The molecule has 0 bridgehead atoms. The zero-order chi connectivity index (χ0) is 21.5. The number of nitrogens with zero attached hydrogens (tertiary/aromatic N) is 4. The molecule has 7 nitrogen and oxygen atoms in total. The monoisotopic (exact) mass is 412 g/mol. The number of likely N-dealkylation sites (tertiary alicyclic amines) is 1. The maximum atomic E-state index is 13.9. The van der Waals surface area contributed by atoms with Gasteiger partial charge in [-0.2, -0.15) is 0 Å². The SMILES string of the molecule is Cc1ncccn1.Nc1ccc(-c2ccc(F)cc2F)nc1NC(=O)N1CCCC1. The predicted molar refractivity (Wildman–Crippen MR) is 111 cm³/mol. The highest BCUT2D eigenvalue weighted by Crippen LogP contribution is 2.26. The van der Waals surface area contributed by atoms with Gasteiger partial charge in [0.1, 0.15) is 17.5 Å². The van der Waals surface area contributed by atoms with Crippen molar-refractivity contribution >= 4 is 17.5 Å². The van der Waals surface area contributed by atoms with Crippen molar-refractivity contribution < 1.29 is 13.6 Å². The summed E-state index contributed by atoms with van der Waals surface area (Å²) in [5.74, 6) is -0.394. The molecule has 0 aliphatic carbocycles. The molecule has 30 heavy (non-hydrogen) atoms. The molecule has 1 saturated heterocycles. The summed E-state index contributed by atoms with van der Waals surface area (Å²) in [6, 6.07) is 7.82. The van der Waals surface area contributed by atoms with Crippen LogP contribution in [0.25, 0.3) is 11.3 Å². The van der Waals surface area contributed by atoms with E-state index in [9.17, 15) is 13.6 Å². The number of pyridine rings is 1. The smallest absolute Gasteiger partial charge is 0.323 e. The third kappa shape index (κ3) is 5.47. The molecular weight excluding hydrogens is 390 g/mol. The predicted octanol–water partition coefficient (Wildman–Crippen LogP) is 4.02. The number of aryl methyl sites for hydroxylation is 1. The van der Waals surface area contributed by atoms with Crippen LogP contribution in [0.4, 0.5) is 25.1 Å². The van der Waals surface area contributed by atoms with Gasteiger partial charge in [0.05, 0.1) is 11.4 Å². The molecule has 3 heterocycles. The van der Waals surface area contributed by atoms with E-state index in [1.54, 1.807) is 23.4 Å². The number of anilines is 2. The second-order valence-electron chi connectivity index (χ2n) is 6.68. The number of nitrogens with two attached hydrogens (primary N) is 1. The van der Waals surface area contributed by atoms with Crippen molar-refractivity contribution in [2.75, 3.05) is 24.1 Å². The van der Waals surface area contributed by atoms with Gasteiger partial charge in [0, 0.05) is 37.1 Å². The lowest BCUT2D eigenvalue weighted by molar-refractivity contribution is 0.222. The topological polar surface area (TPSA) is 97.0 Å². The number of carbonyl (C=O) groups excluding carboxylic acids is 1. The Morgan fingerprint density at radius 1 is 1.10 bits per heavy atom. The fourth-order valence-corrected chi connectivity index (χ4v) is 2.89. The Labute approximate surface area is 173 Å². The lowest BCUT2D eigenvalue weighted by Crippen LogP contribution is -2.32. The number of hydrogen-bond donors (Lipinski definition) is 2. The Hall–Kier alpha value is -3.62. The van der Waals surface area contributed by atoms with E-state index in [4.69, 9.17) is 5.73 Å². The number of halogens is 2. The second kappa shape index (κ2) is 9.73. The third-order valence-corrected chi connectivity index (χ3v) is 4.45. The van der Waals surface area contributed by atoms with E-state index in [1.807, 2.05) is 6.92 Å². The minimum atomic E-state index is -0.723. The van der Waals surface area contributed by atoms with Crippen LogP contribution < -0.4 is 11.1 Å². The number of nitrogens with one attached hydrogen (secondary N) is 1. The van der Waals surface area contributed by atoms with E-state index >= 15 is 0 Å². The molecule has 1 aromatic carbocycles. The summed E-state index contributed by atoms with van der Waals surface area (Å²) in [5, 5.41) is 2.65. The van der Waals surface area contributed by atoms with Gasteiger partial charge in [0.15, 0.2) is 5.82 Å². The molecule has 4 rings (SSSR count). The number of benzene rings is 1. The van der Waals surface area contributed by atoms with Gasteiger partial charge in [-0.1, -0.05) is 0 Å². The van der Waals surface area contributed by atoms with Gasteiger partial charge < -0.3 is 10.6 Å². The molecule has 2 amide bonds. The van der Waals surface area contributed by atoms with Crippen molar-refractivity contribution in [2.24, 2.45) is 0 Å². The fraction of sp³-hybridized carbons (Fsp3) is 0.238. The number of urea groups is 1. The van der Waals surface area contributed by atoms with E-state index < -0.39 is 11.6 Å². The highest BCUT2D eigenvalue weighted by Gasteiger charge is 2.19. The molecule has 0 saturated carbocycles. The van der Waals surface area contributed by atoms with E-state index in [-0.39, 0.29) is 28.8 Å². The summed E-state index contributed by atoms with van der Waals surface area (Å²) in [7, 11) is 0. The number of amides is 2. The van der Waals surface area contributed by atoms with E-state index in [1.165, 1.54) is 18.2 Å². The van der Waals surface area contributed by atoms with Gasteiger partial charge in [-0.15, -0.1) is 0 Å². The lowest BCUT2D eigenvalue weighted by Gasteiger charge is -2.17. The van der Waals surface area contributed by atoms with Crippen LogP contribution in [0, 0.1) is 18.6 Å². The van der Waals surface area contributed by atoms with Gasteiger partial charge in [0.2, 0.25) is 0 Å². The number of rotatable bonds is 2. The van der Waals surface area contributed by atoms with E-state index in [2.05, 4.69) is 20.3 Å². The molecule has 1 aliphatic rings. The normalized spacial score (nSPS) is 12.8. The molecular formula is C21H22F2N6O. The average molecular weight is 412 g/mol. The quantitative estimate of drug-likeness (QED) is 0.663. The van der Waals surface area contributed by atoms with Crippen LogP contribution in [0.5, 0.6) is 0 Å². The van der Waals surface area contributed by atoms with Crippen molar-refractivity contribution in [3.63, 3.8) is 0 Å². The first-order valence-corrected chi connectivity index (χ1v) is 9.45. The van der Waals surface area contributed by atoms with Crippen molar-refractivity contribution in [2.45, 2.75) is 19.8 Å². The highest BCUT2D eigenvalue weighted by molar-refractivity contribution is 5.91. The summed E-state index contributed by atoms with van der Waals surface area (Å²) < 4.78 is 26.9. The zero-order valence-corrected chi connectivity index (χ0v) is 16.5. The first kappa shape index (κ1) is 21.1. The Morgan fingerprint density at radius 3 is 2.40 bits per heavy atom. The molecule has 0 spiro atoms. The van der Waals surface area contributed by atoms with Crippen LogP contribution in [-0.4, -0.2) is 39.0 Å². The second-order valence-corrected chi connectivity index (χ2v) is 6.68. The Morgan fingerprint density at radius 2 is 1.80 bits per heavy atom. The number of carbonyl (C=O) groups is 1. The fourth-order valence-electron chi connectivity index (χ4n) is 2.89. The van der Waals surface area contributed by atoms with Gasteiger partial charge in [-0.05, 0) is 50.1 Å². The lowest BCUT2D eigenvalue weighted by atomic mass is 10.1. The van der Waals surface area contributed by atoms with Gasteiger partial charge in [-0.25, -0.2) is 28.5 Å². The number of nitrogen functional groups attached to an aromatic ring is 1. The molecule has 3 N–H and O–H groups in total. The molecule has 0 radical (unpaired) electrons. The van der Waals surface area contributed by atoms with E-state index in [0.717, 1.165) is 30.8 Å². The van der Waals surface area contributed by atoms with Crippen molar-refractivity contribution in [3.05, 3.63) is 66.3 Å². The maximum Gasteiger partial charge on any atom is 0.323 e. The van der Waals surface area contributed by atoms with Gasteiger partial charge in [-0.3, -0.25) is 5.32 Å². The maximum absolute atomic E-state index is 13.9. The summed E-state index contributed by atoms with van der Waals surface area (Å²) in [4.78, 5) is 25.7. The number of hydrogen-bond acceptors (Lipinski definition) is 5. The van der Waals surface area contributed by atoms with Crippen LogP contribution in [0.2, 0.25) is 0 Å². The molecule has 1 fully saturated rings. The zero-order valence-electron chi connectivity index (χ0n) is 16.5. The Kier molecular flexibility index (Phi) is 6.84. The molecule has 0 atom stereocenters. The van der Waals surface area contributed by atoms with Crippen molar-refractivity contribution in [1.82, 2.24) is 19.9 Å². The standard InChI is InChI=1S/C16H16F2N4O.C5H6N2/c17-10-3-4-11(12(18)9-10)14-6-5-13(19)15(20-14)21-16(23)22-7-1-2-8-22;1-5-6-3-2-4-7-5/h3-6,9H,1-2,7-8,19H2,(H,20,21,23);2-4H,1H3. The van der Waals surface area contributed by atoms with Gasteiger partial charge in [0.25, 0.3) is 0 Å². The third-order valence-electron chi connectivity index (χ3n) is 4.45. The molecule has 1 aliphatic heterocycles. The molecule has 3 aromatic rings. The largest absolute Gasteiger partial charge is 0.396 e. The Balaban J connectivity index is 0.000000310. The van der Waals surface area contributed by atoms with Crippen molar-refractivity contribution in [3.8, 4) is 11.3 Å². The van der Waals surface area contributed by atoms with Crippen LogP contribution >= 0.6 is 0 Å². The molecule has 0 unspecified atom stereocenters. The van der Waals surface area contributed by atoms with Crippen molar-refractivity contribution in [1.29, 1.82) is 0 Å². The Bertz CT molecular complexity index is 1010. The highest BCUT2D eigenvalue weighted by atomic mass is 19.1. The molecule has 2 aromatic heterocycles. The van der Waals surface area contributed by atoms with Crippen LogP contribution in [0.3, 0.4) is 0 Å².